The number of nitrogens with zero attached hydrogens (tertiary/aromatic N) is 3. The van der Waals surface area contributed by atoms with Crippen molar-refractivity contribution in [3.63, 3.8) is 0 Å². The van der Waals surface area contributed by atoms with Crippen LogP contribution in [0.1, 0.15) is 33.8 Å². The highest BCUT2D eigenvalue weighted by molar-refractivity contribution is 5.67. The second-order valence-corrected chi connectivity index (χ2v) is 7.37. The largest absolute Gasteiger partial charge is 0.489 e. The zero-order valence-electron chi connectivity index (χ0n) is 16.8. The van der Waals surface area contributed by atoms with Gasteiger partial charge in [-0.25, -0.2) is 4.98 Å². The van der Waals surface area contributed by atoms with Gasteiger partial charge in [0.05, 0.1) is 22.9 Å². The summed E-state index contributed by atoms with van der Waals surface area (Å²) >= 11 is 0. The van der Waals surface area contributed by atoms with Gasteiger partial charge in [0, 0.05) is 19.5 Å². The molecule has 2 heterocycles. The standard InChI is InChI=1S/C24H22N4O2/c1-28-11-10-22-21(15-28)24(29)27-23(26-22)9-8-17-4-3-7-20(13-17)30-16-19-6-2-5-18(12-19)14-25/h2-9,12-13H,10-11,15-16H2,1H3,(H,26,27,29)/b9-8+. The highest BCUT2D eigenvalue weighted by Crippen LogP contribution is 2.18. The van der Waals surface area contributed by atoms with E-state index in [0.29, 0.717) is 24.5 Å². The Hall–Kier alpha value is -3.69. The third kappa shape index (κ3) is 4.65. The molecule has 0 radical (unpaired) electrons. The number of aromatic amines is 1. The van der Waals surface area contributed by atoms with Gasteiger partial charge in [0.2, 0.25) is 0 Å². The third-order valence-electron chi connectivity index (χ3n) is 5.03. The molecule has 6 nitrogen and oxygen atoms in total. The second kappa shape index (κ2) is 8.76. The van der Waals surface area contributed by atoms with Crippen molar-refractivity contribution >= 4 is 12.2 Å². The van der Waals surface area contributed by atoms with Crippen LogP contribution in [0.25, 0.3) is 12.2 Å². The SMILES string of the molecule is CN1CCc2nc(/C=C/c3cccc(OCc4cccc(C#N)c4)c3)[nH]c(=O)c2C1. The van der Waals surface area contributed by atoms with Crippen molar-refractivity contribution in [1.82, 2.24) is 14.9 Å². The van der Waals surface area contributed by atoms with Crippen LogP contribution in [0.5, 0.6) is 5.75 Å². The van der Waals surface area contributed by atoms with Gasteiger partial charge < -0.3 is 14.6 Å². The molecule has 0 bridgehead atoms. The highest BCUT2D eigenvalue weighted by Gasteiger charge is 2.18. The molecule has 0 amide bonds. The van der Waals surface area contributed by atoms with Crippen LogP contribution in [0, 0.1) is 11.3 Å². The van der Waals surface area contributed by atoms with Crippen molar-refractivity contribution in [1.29, 1.82) is 5.26 Å². The number of rotatable bonds is 5. The normalized spacial score (nSPS) is 13.7. The summed E-state index contributed by atoms with van der Waals surface area (Å²) in [5.41, 5.74) is 4.08. The number of nitriles is 1. The van der Waals surface area contributed by atoms with Crippen molar-refractivity contribution in [2.45, 2.75) is 19.6 Å². The fraction of sp³-hybridized carbons (Fsp3) is 0.208. The van der Waals surface area contributed by atoms with E-state index in [2.05, 4.69) is 20.9 Å². The van der Waals surface area contributed by atoms with Gasteiger partial charge in [0.15, 0.2) is 0 Å². The van der Waals surface area contributed by atoms with Gasteiger partial charge in [-0.15, -0.1) is 0 Å². The van der Waals surface area contributed by atoms with Crippen LogP contribution in [0.15, 0.2) is 53.3 Å². The first-order valence-corrected chi connectivity index (χ1v) is 9.81. The van der Waals surface area contributed by atoms with Gasteiger partial charge >= 0.3 is 0 Å². The summed E-state index contributed by atoms with van der Waals surface area (Å²) in [5.74, 6) is 1.29. The number of hydrogen-bond acceptors (Lipinski definition) is 5. The second-order valence-electron chi connectivity index (χ2n) is 7.37. The highest BCUT2D eigenvalue weighted by atomic mass is 16.5. The van der Waals surface area contributed by atoms with E-state index in [1.54, 1.807) is 6.07 Å². The molecule has 0 saturated carbocycles. The molecule has 0 fully saturated rings. The Morgan fingerprint density at radius 2 is 2.10 bits per heavy atom. The monoisotopic (exact) mass is 398 g/mol. The first-order valence-electron chi connectivity index (χ1n) is 9.81. The quantitative estimate of drug-likeness (QED) is 0.713. The first-order chi connectivity index (χ1) is 14.6. The molecule has 0 aliphatic carbocycles. The summed E-state index contributed by atoms with van der Waals surface area (Å²) in [5, 5.41) is 9.00. The van der Waals surface area contributed by atoms with Crippen LogP contribution in [0.3, 0.4) is 0 Å². The van der Waals surface area contributed by atoms with Crippen molar-refractivity contribution < 1.29 is 4.74 Å². The van der Waals surface area contributed by atoms with Crippen molar-refractivity contribution in [2.75, 3.05) is 13.6 Å². The summed E-state index contributed by atoms with van der Waals surface area (Å²) in [4.78, 5) is 22.0. The topological polar surface area (TPSA) is 82.0 Å². The van der Waals surface area contributed by atoms with E-state index in [9.17, 15) is 4.79 Å². The zero-order valence-corrected chi connectivity index (χ0v) is 16.8. The summed E-state index contributed by atoms with van der Waals surface area (Å²) in [6.07, 6.45) is 4.51. The molecule has 4 rings (SSSR count). The van der Waals surface area contributed by atoms with Crippen molar-refractivity contribution in [3.05, 3.63) is 92.7 Å². The number of H-pyrrole nitrogens is 1. The Kier molecular flexibility index (Phi) is 5.73. The lowest BCUT2D eigenvalue weighted by atomic mass is 10.1. The molecule has 0 spiro atoms. The number of hydrogen-bond donors (Lipinski definition) is 1. The maximum Gasteiger partial charge on any atom is 0.255 e. The van der Waals surface area contributed by atoms with E-state index in [-0.39, 0.29) is 5.56 Å². The van der Waals surface area contributed by atoms with E-state index in [1.165, 1.54) is 0 Å². The molecule has 6 heteroatoms. The van der Waals surface area contributed by atoms with Gasteiger partial charge in [-0.3, -0.25) is 4.79 Å². The van der Waals surface area contributed by atoms with Gasteiger partial charge in [0.25, 0.3) is 5.56 Å². The number of fused-ring (bicyclic) bond motifs is 1. The van der Waals surface area contributed by atoms with Crippen LogP contribution in [-0.2, 0) is 19.6 Å². The third-order valence-corrected chi connectivity index (χ3v) is 5.03. The Bertz CT molecular complexity index is 1190. The van der Waals surface area contributed by atoms with E-state index in [1.807, 2.05) is 61.7 Å². The Labute approximate surface area is 175 Å². The average Bonchev–Trinajstić information content (AvgIpc) is 2.77. The van der Waals surface area contributed by atoms with E-state index in [0.717, 1.165) is 41.1 Å². The smallest absolute Gasteiger partial charge is 0.255 e. The van der Waals surface area contributed by atoms with Gasteiger partial charge in [-0.1, -0.05) is 30.3 Å². The zero-order chi connectivity index (χ0) is 20.9. The van der Waals surface area contributed by atoms with Crippen molar-refractivity contribution in [3.8, 4) is 11.8 Å². The minimum absolute atomic E-state index is 0.0668. The molecule has 1 N–H and O–H groups in total. The van der Waals surface area contributed by atoms with E-state index in [4.69, 9.17) is 10.00 Å². The summed E-state index contributed by atoms with van der Waals surface area (Å²) in [7, 11) is 2.01. The summed E-state index contributed by atoms with van der Waals surface area (Å²) < 4.78 is 5.87. The Morgan fingerprint density at radius 3 is 2.97 bits per heavy atom. The molecule has 0 saturated heterocycles. The molecule has 1 aromatic heterocycles. The van der Waals surface area contributed by atoms with Crippen LogP contribution < -0.4 is 10.3 Å². The van der Waals surface area contributed by atoms with Crippen LogP contribution in [-0.4, -0.2) is 28.5 Å². The number of benzene rings is 2. The molecule has 1 aliphatic rings. The van der Waals surface area contributed by atoms with Gasteiger partial charge in [-0.05, 0) is 48.5 Å². The van der Waals surface area contributed by atoms with Crippen LogP contribution >= 0.6 is 0 Å². The average molecular weight is 398 g/mol. The van der Waals surface area contributed by atoms with E-state index < -0.39 is 0 Å². The lowest BCUT2D eigenvalue weighted by Gasteiger charge is -2.23. The summed E-state index contributed by atoms with van der Waals surface area (Å²) in [6.45, 7) is 1.93. The number of likely N-dealkylation sites (N-methyl/N-ethyl adjacent to an activating group) is 1. The first kappa shape index (κ1) is 19.6. The molecular formula is C24H22N4O2. The van der Waals surface area contributed by atoms with Gasteiger partial charge in [0.1, 0.15) is 18.2 Å². The predicted octanol–water partition coefficient (Wildman–Crippen LogP) is 3.38. The minimum atomic E-state index is -0.0668. The van der Waals surface area contributed by atoms with E-state index >= 15 is 0 Å². The lowest BCUT2D eigenvalue weighted by Crippen LogP contribution is -2.33. The molecule has 1 aliphatic heterocycles. The minimum Gasteiger partial charge on any atom is -0.489 e. The molecule has 3 aromatic rings. The maximum atomic E-state index is 12.4. The Balaban J connectivity index is 1.47. The number of ether oxygens (including phenoxy) is 1. The van der Waals surface area contributed by atoms with Crippen molar-refractivity contribution in [2.24, 2.45) is 0 Å². The number of nitrogens with one attached hydrogen (secondary N) is 1. The molecule has 0 atom stereocenters. The predicted molar refractivity (Wildman–Crippen MR) is 116 cm³/mol. The lowest BCUT2D eigenvalue weighted by molar-refractivity contribution is 0.306. The Morgan fingerprint density at radius 1 is 1.23 bits per heavy atom. The molecule has 0 unspecified atom stereocenters. The van der Waals surface area contributed by atoms with Gasteiger partial charge in [-0.2, -0.15) is 5.26 Å². The fourth-order valence-corrected chi connectivity index (χ4v) is 3.44. The van der Waals surface area contributed by atoms with Crippen LogP contribution in [0.4, 0.5) is 0 Å². The fourth-order valence-electron chi connectivity index (χ4n) is 3.44. The molecular weight excluding hydrogens is 376 g/mol. The number of aromatic nitrogens is 2. The maximum absolute atomic E-state index is 12.4. The van der Waals surface area contributed by atoms with Crippen LogP contribution in [0.2, 0.25) is 0 Å². The summed E-state index contributed by atoms with van der Waals surface area (Å²) in [6, 6.07) is 17.2. The molecule has 150 valence electrons. The molecule has 2 aromatic carbocycles. The molecule has 30 heavy (non-hydrogen) atoms.